The number of hydrogen-bond donors (Lipinski definition) is 2. The Morgan fingerprint density at radius 3 is 3.08 bits per heavy atom. The Morgan fingerprint density at radius 1 is 1.38 bits per heavy atom. The number of urea groups is 1. The topological polar surface area (TPSA) is 53.6 Å². The Morgan fingerprint density at radius 2 is 2.25 bits per heavy atom. The minimum absolute atomic E-state index is 0.0543. The molecule has 2 N–H and O–H groups in total. The molecule has 5 nitrogen and oxygen atoms in total. The molecule has 2 aliphatic heterocycles. The number of likely N-dealkylation sites (tertiary alicyclic amines) is 1. The van der Waals surface area contributed by atoms with Gasteiger partial charge in [-0.3, -0.25) is 4.90 Å². The number of piperidine rings is 1. The van der Waals surface area contributed by atoms with Gasteiger partial charge >= 0.3 is 6.03 Å². The van der Waals surface area contributed by atoms with Crippen LogP contribution in [-0.4, -0.2) is 43.2 Å². The first-order valence-electron chi connectivity index (χ1n) is 8.85. The van der Waals surface area contributed by atoms with Gasteiger partial charge in [-0.1, -0.05) is 30.2 Å². The molecule has 0 spiro atoms. The van der Waals surface area contributed by atoms with E-state index < -0.39 is 0 Å². The predicted molar refractivity (Wildman–Crippen MR) is 95.7 cm³/mol. The van der Waals surface area contributed by atoms with Crippen LogP contribution in [0.25, 0.3) is 0 Å². The lowest BCUT2D eigenvalue weighted by atomic mass is 10.0. The van der Waals surface area contributed by atoms with Crippen LogP contribution in [0.3, 0.4) is 0 Å². The molecule has 2 amide bonds. The molecule has 0 unspecified atom stereocenters. The van der Waals surface area contributed by atoms with E-state index >= 15 is 0 Å². The van der Waals surface area contributed by atoms with Crippen LogP contribution in [0.5, 0.6) is 5.75 Å². The van der Waals surface area contributed by atoms with Gasteiger partial charge in [-0.25, -0.2) is 4.79 Å². The molecular weight excluding hydrogens is 326 g/mol. The van der Waals surface area contributed by atoms with Crippen molar-refractivity contribution >= 4 is 17.6 Å². The number of amides is 2. The third-order valence-corrected chi connectivity index (χ3v) is 5.25. The third kappa shape index (κ3) is 4.14. The maximum Gasteiger partial charge on any atom is 0.315 e. The quantitative estimate of drug-likeness (QED) is 0.874. The third-order valence-electron chi connectivity index (χ3n) is 4.96. The van der Waals surface area contributed by atoms with Gasteiger partial charge in [-0.15, -0.1) is 0 Å². The van der Waals surface area contributed by atoms with Crippen molar-refractivity contribution in [1.29, 1.82) is 0 Å². The second-order valence-electron chi connectivity index (χ2n) is 6.63. The summed E-state index contributed by atoms with van der Waals surface area (Å²) in [4.78, 5) is 14.7. The van der Waals surface area contributed by atoms with Gasteiger partial charge in [0.05, 0.1) is 17.7 Å². The zero-order valence-corrected chi connectivity index (χ0v) is 14.9. The van der Waals surface area contributed by atoms with E-state index in [-0.39, 0.29) is 12.1 Å². The standard InChI is InChI=1S/C18H26ClN3O2/c1-13-5-2-3-10-22(13)11-9-20-18(23)21-16-8-12-24-17-14(16)6-4-7-15(17)19/h4,6-7,13,16H,2-3,5,8-12H2,1H3,(H2,20,21,23)/t13-,16+/m0/s1. The van der Waals surface area contributed by atoms with Gasteiger partial charge in [-0.05, 0) is 32.4 Å². The van der Waals surface area contributed by atoms with E-state index in [9.17, 15) is 4.79 Å². The number of nitrogens with zero attached hydrogens (tertiary/aromatic N) is 1. The van der Waals surface area contributed by atoms with E-state index in [1.165, 1.54) is 19.3 Å². The maximum atomic E-state index is 12.2. The lowest BCUT2D eigenvalue weighted by Gasteiger charge is -2.33. The normalized spacial score (nSPS) is 23.9. The molecule has 0 bridgehead atoms. The van der Waals surface area contributed by atoms with Crippen molar-refractivity contribution in [3.05, 3.63) is 28.8 Å². The van der Waals surface area contributed by atoms with Gasteiger partial charge in [0, 0.05) is 31.1 Å². The smallest absolute Gasteiger partial charge is 0.315 e. The minimum Gasteiger partial charge on any atom is -0.492 e. The fraction of sp³-hybridized carbons (Fsp3) is 0.611. The van der Waals surface area contributed by atoms with Crippen molar-refractivity contribution in [2.45, 2.75) is 44.7 Å². The second kappa shape index (κ2) is 8.08. The Labute approximate surface area is 148 Å². The highest BCUT2D eigenvalue weighted by Crippen LogP contribution is 2.37. The van der Waals surface area contributed by atoms with Crippen molar-refractivity contribution in [3.8, 4) is 5.75 Å². The number of para-hydroxylation sites is 1. The van der Waals surface area contributed by atoms with Gasteiger partial charge in [-0.2, -0.15) is 0 Å². The van der Waals surface area contributed by atoms with Crippen molar-refractivity contribution in [2.75, 3.05) is 26.2 Å². The fourth-order valence-corrected chi connectivity index (χ4v) is 3.78. The van der Waals surface area contributed by atoms with Crippen molar-refractivity contribution < 1.29 is 9.53 Å². The summed E-state index contributed by atoms with van der Waals surface area (Å²) in [5, 5.41) is 6.62. The van der Waals surface area contributed by atoms with Crippen LogP contribution in [-0.2, 0) is 0 Å². The Bertz CT molecular complexity index is 581. The fourth-order valence-electron chi connectivity index (χ4n) is 3.55. The molecule has 1 fully saturated rings. The number of ether oxygens (including phenoxy) is 1. The van der Waals surface area contributed by atoms with Gasteiger partial charge in [0.2, 0.25) is 0 Å². The molecule has 0 aliphatic carbocycles. The maximum absolute atomic E-state index is 12.2. The van der Waals surface area contributed by atoms with Gasteiger partial charge in [0.25, 0.3) is 0 Å². The molecule has 2 aliphatic rings. The Hall–Kier alpha value is -1.46. The van der Waals surface area contributed by atoms with Crippen LogP contribution < -0.4 is 15.4 Å². The molecule has 2 heterocycles. The number of fused-ring (bicyclic) bond motifs is 1. The first-order valence-corrected chi connectivity index (χ1v) is 9.22. The van der Waals surface area contributed by atoms with Gasteiger partial charge in [0.1, 0.15) is 5.75 Å². The molecule has 6 heteroatoms. The summed E-state index contributed by atoms with van der Waals surface area (Å²) < 4.78 is 5.63. The van der Waals surface area contributed by atoms with E-state index in [0.717, 1.165) is 25.1 Å². The number of nitrogens with one attached hydrogen (secondary N) is 2. The number of carbonyl (C=O) groups excluding carboxylic acids is 1. The minimum atomic E-state index is -0.127. The highest BCUT2D eigenvalue weighted by Gasteiger charge is 2.24. The number of rotatable bonds is 4. The average Bonchev–Trinajstić information content (AvgIpc) is 2.58. The monoisotopic (exact) mass is 351 g/mol. The van der Waals surface area contributed by atoms with Crippen molar-refractivity contribution in [1.82, 2.24) is 15.5 Å². The lowest BCUT2D eigenvalue weighted by Crippen LogP contribution is -2.45. The SMILES string of the molecule is C[C@H]1CCCCN1CCNC(=O)N[C@@H]1CCOc2c(Cl)cccc21. The first kappa shape index (κ1) is 17.4. The molecule has 0 aromatic heterocycles. The highest BCUT2D eigenvalue weighted by molar-refractivity contribution is 6.32. The van der Waals surface area contributed by atoms with E-state index in [2.05, 4.69) is 22.5 Å². The number of carbonyl (C=O) groups is 1. The van der Waals surface area contributed by atoms with Gasteiger partial charge < -0.3 is 15.4 Å². The highest BCUT2D eigenvalue weighted by atomic mass is 35.5. The van der Waals surface area contributed by atoms with Crippen LogP contribution in [0.15, 0.2) is 18.2 Å². The molecular formula is C18H26ClN3O2. The summed E-state index contributed by atoms with van der Waals surface area (Å²) in [7, 11) is 0. The van der Waals surface area contributed by atoms with Crippen LogP contribution in [0.2, 0.25) is 5.02 Å². The summed E-state index contributed by atoms with van der Waals surface area (Å²) in [5.74, 6) is 0.692. The van der Waals surface area contributed by atoms with E-state index in [0.29, 0.717) is 30.0 Å². The lowest BCUT2D eigenvalue weighted by molar-refractivity contribution is 0.161. The summed E-state index contributed by atoms with van der Waals surface area (Å²) in [6.07, 6.45) is 4.59. The zero-order valence-electron chi connectivity index (χ0n) is 14.2. The van der Waals surface area contributed by atoms with Crippen LogP contribution in [0.4, 0.5) is 4.79 Å². The van der Waals surface area contributed by atoms with Gasteiger partial charge in [0.15, 0.2) is 0 Å². The van der Waals surface area contributed by atoms with Crippen molar-refractivity contribution in [2.24, 2.45) is 0 Å². The number of benzene rings is 1. The largest absolute Gasteiger partial charge is 0.492 e. The summed E-state index contributed by atoms with van der Waals surface area (Å²) >= 11 is 6.17. The number of hydrogen-bond acceptors (Lipinski definition) is 3. The molecule has 0 radical (unpaired) electrons. The zero-order chi connectivity index (χ0) is 16.9. The van der Waals surface area contributed by atoms with E-state index in [1.807, 2.05) is 18.2 Å². The first-order chi connectivity index (χ1) is 11.6. The number of halogens is 1. The molecule has 1 aromatic rings. The van der Waals surface area contributed by atoms with Crippen molar-refractivity contribution in [3.63, 3.8) is 0 Å². The van der Waals surface area contributed by atoms with E-state index in [4.69, 9.17) is 16.3 Å². The van der Waals surface area contributed by atoms with Crippen LogP contribution >= 0.6 is 11.6 Å². The summed E-state index contributed by atoms with van der Waals surface area (Å²) in [6, 6.07) is 6.09. The van der Waals surface area contributed by atoms with E-state index in [1.54, 1.807) is 0 Å². The summed E-state index contributed by atoms with van der Waals surface area (Å²) in [6.45, 7) is 5.54. The molecule has 1 aromatic carbocycles. The Balaban J connectivity index is 1.48. The molecule has 0 saturated carbocycles. The molecule has 2 atom stereocenters. The molecule has 1 saturated heterocycles. The average molecular weight is 352 g/mol. The second-order valence-corrected chi connectivity index (χ2v) is 7.04. The predicted octanol–water partition coefficient (Wildman–Crippen LogP) is 3.34. The molecule has 24 heavy (non-hydrogen) atoms. The van der Waals surface area contributed by atoms with Crippen LogP contribution in [0.1, 0.15) is 44.2 Å². The molecule has 132 valence electrons. The summed E-state index contributed by atoms with van der Waals surface area (Å²) in [5.41, 5.74) is 0.952. The van der Waals surface area contributed by atoms with Crippen LogP contribution in [0, 0.1) is 0 Å². The molecule has 3 rings (SSSR count). The Kier molecular flexibility index (Phi) is 5.85.